The number of aliphatic carboxylic acids is 1. The van der Waals surface area contributed by atoms with Gasteiger partial charge in [-0.1, -0.05) is 13.3 Å². The largest absolute Gasteiger partial charge is 0.494 e. The number of ether oxygens (including phenoxy) is 1. The van der Waals surface area contributed by atoms with Crippen LogP contribution in [0.3, 0.4) is 0 Å². The van der Waals surface area contributed by atoms with E-state index >= 15 is 0 Å². The van der Waals surface area contributed by atoms with Gasteiger partial charge in [-0.3, -0.25) is 9.59 Å². The quantitative estimate of drug-likeness (QED) is 0.780. The van der Waals surface area contributed by atoms with Crippen molar-refractivity contribution in [2.75, 3.05) is 13.7 Å². The lowest BCUT2D eigenvalue weighted by molar-refractivity contribution is -0.141. The lowest BCUT2D eigenvalue weighted by Gasteiger charge is -2.12. The van der Waals surface area contributed by atoms with Crippen molar-refractivity contribution < 1.29 is 19.4 Å². The Balaban J connectivity index is 2.76. The predicted molar refractivity (Wildman–Crippen MR) is 81.7 cm³/mol. The Morgan fingerprint density at radius 3 is 2.65 bits per heavy atom. The van der Waals surface area contributed by atoms with Gasteiger partial charge >= 0.3 is 5.97 Å². The molecule has 0 saturated carbocycles. The normalized spacial score (nSPS) is 12.0. The molecule has 112 valence electrons. The maximum absolute atomic E-state index is 12.1. The van der Waals surface area contributed by atoms with E-state index in [2.05, 4.69) is 21.2 Å². The van der Waals surface area contributed by atoms with Gasteiger partial charge in [0.15, 0.2) is 5.75 Å². The first-order valence-corrected chi connectivity index (χ1v) is 7.87. The highest BCUT2D eigenvalue weighted by Gasteiger charge is 2.23. The maximum Gasteiger partial charge on any atom is 0.308 e. The summed E-state index contributed by atoms with van der Waals surface area (Å²) in [7, 11) is 1.50. The van der Waals surface area contributed by atoms with Crippen molar-refractivity contribution in [1.29, 1.82) is 0 Å². The van der Waals surface area contributed by atoms with Gasteiger partial charge in [-0.2, -0.15) is 0 Å². The molecule has 0 bridgehead atoms. The van der Waals surface area contributed by atoms with Gasteiger partial charge in [0.05, 0.1) is 17.5 Å². The van der Waals surface area contributed by atoms with Crippen LogP contribution in [0.4, 0.5) is 0 Å². The summed E-state index contributed by atoms with van der Waals surface area (Å²) >= 11 is 4.68. The number of thiophene rings is 1. The number of nitrogens with one attached hydrogen (secondary N) is 1. The number of carboxylic acids is 1. The third-order valence-electron chi connectivity index (χ3n) is 2.88. The van der Waals surface area contributed by atoms with Crippen LogP contribution < -0.4 is 10.1 Å². The van der Waals surface area contributed by atoms with Gasteiger partial charge in [-0.15, -0.1) is 11.3 Å². The molecule has 1 amide bonds. The molecule has 20 heavy (non-hydrogen) atoms. The average Bonchev–Trinajstić information content (AvgIpc) is 2.69. The Morgan fingerprint density at radius 2 is 2.15 bits per heavy atom. The van der Waals surface area contributed by atoms with E-state index in [1.165, 1.54) is 18.4 Å². The topological polar surface area (TPSA) is 75.6 Å². The molecule has 1 atom stereocenters. The molecule has 0 radical (unpaired) electrons. The zero-order valence-corrected chi connectivity index (χ0v) is 14.1. The highest BCUT2D eigenvalue weighted by atomic mass is 79.9. The second-order valence-electron chi connectivity index (χ2n) is 4.37. The first-order chi connectivity index (χ1) is 9.42. The lowest BCUT2D eigenvalue weighted by Crippen LogP contribution is -2.32. The molecule has 1 unspecified atom stereocenters. The minimum atomic E-state index is -0.886. The predicted octanol–water partition coefficient (Wildman–Crippen LogP) is 3.06. The van der Waals surface area contributed by atoms with E-state index < -0.39 is 11.9 Å². The van der Waals surface area contributed by atoms with Gasteiger partial charge in [0.2, 0.25) is 0 Å². The van der Waals surface area contributed by atoms with Crippen molar-refractivity contribution in [3.63, 3.8) is 0 Å². The third-order valence-corrected chi connectivity index (χ3v) is 5.18. The number of halogens is 1. The highest BCUT2D eigenvalue weighted by Crippen LogP contribution is 2.38. The van der Waals surface area contributed by atoms with Crippen LogP contribution in [0.5, 0.6) is 5.75 Å². The van der Waals surface area contributed by atoms with E-state index in [1.807, 2.05) is 13.8 Å². The van der Waals surface area contributed by atoms with Gasteiger partial charge in [0, 0.05) is 11.4 Å². The number of rotatable bonds is 7. The molecule has 1 aromatic heterocycles. The minimum absolute atomic E-state index is 0.125. The number of amides is 1. The fourth-order valence-electron chi connectivity index (χ4n) is 1.79. The molecule has 2 N–H and O–H groups in total. The van der Waals surface area contributed by atoms with Gasteiger partial charge in [-0.25, -0.2) is 0 Å². The van der Waals surface area contributed by atoms with Crippen molar-refractivity contribution in [3.8, 4) is 5.75 Å². The summed E-state index contributed by atoms with van der Waals surface area (Å²) in [6.07, 6.45) is 1.31. The van der Waals surface area contributed by atoms with E-state index in [0.29, 0.717) is 17.0 Å². The van der Waals surface area contributed by atoms with Gasteiger partial charge < -0.3 is 15.2 Å². The standard InChI is InChI=1S/C13H18BrNO4S/c1-4-5-8(13(17)18)6-15-12(16)11-10(19-3)9(14)7(2)20-11/h8H,4-6H2,1-3H3,(H,15,16)(H,17,18). The molecule has 0 aliphatic heterocycles. The van der Waals surface area contributed by atoms with E-state index in [1.54, 1.807) is 0 Å². The van der Waals surface area contributed by atoms with E-state index in [9.17, 15) is 9.59 Å². The molecule has 1 rings (SSSR count). The van der Waals surface area contributed by atoms with Crippen LogP contribution >= 0.6 is 27.3 Å². The van der Waals surface area contributed by atoms with Crippen molar-refractivity contribution in [1.82, 2.24) is 5.32 Å². The van der Waals surface area contributed by atoms with Gasteiger partial charge in [0.1, 0.15) is 4.88 Å². The smallest absolute Gasteiger partial charge is 0.308 e. The van der Waals surface area contributed by atoms with Crippen LogP contribution in [0, 0.1) is 12.8 Å². The monoisotopic (exact) mass is 363 g/mol. The summed E-state index contributed by atoms with van der Waals surface area (Å²) in [5, 5.41) is 11.7. The zero-order valence-electron chi connectivity index (χ0n) is 11.7. The SMILES string of the molecule is CCCC(CNC(=O)c1sc(C)c(Br)c1OC)C(=O)O. The van der Waals surface area contributed by atoms with Crippen LogP contribution in [0.25, 0.3) is 0 Å². The minimum Gasteiger partial charge on any atom is -0.494 e. The van der Waals surface area contributed by atoms with Crippen LogP contribution in [0.15, 0.2) is 4.47 Å². The summed E-state index contributed by atoms with van der Waals surface area (Å²) < 4.78 is 5.97. The Labute approximate surface area is 130 Å². The van der Waals surface area contributed by atoms with Gasteiger partial charge in [-0.05, 0) is 29.3 Å². The van der Waals surface area contributed by atoms with Crippen LogP contribution in [-0.4, -0.2) is 30.6 Å². The van der Waals surface area contributed by atoms with Crippen LogP contribution in [0.2, 0.25) is 0 Å². The van der Waals surface area contributed by atoms with Crippen LogP contribution in [-0.2, 0) is 4.79 Å². The zero-order chi connectivity index (χ0) is 15.3. The average molecular weight is 364 g/mol. The molecule has 0 fully saturated rings. The molecular weight excluding hydrogens is 346 g/mol. The van der Waals surface area contributed by atoms with Crippen molar-refractivity contribution >= 4 is 39.1 Å². The summed E-state index contributed by atoms with van der Waals surface area (Å²) in [6.45, 7) is 3.92. The molecule has 0 aliphatic carbocycles. The van der Waals surface area contributed by atoms with Crippen molar-refractivity contribution in [2.45, 2.75) is 26.7 Å². The Bertz CT molecular complexity index is 501. The highest BCUT2D eigenvalue weighted by molar-refractivity contribution is 9.10. The number of methoxy groups -OCH3 is 1. The summed E-state index contributed by atoms with van der Waals surface area (Å²) in [5.41, 5.74) is 0. The first-order valence-electron chi connectivity index (χ1n) is 6.26. The molecule has 0 saturated heterocycles. The first kappa shape index (κ1) is 17.0. The van der Waals surface area contributed by atoms with E-state index in [-0.39, 0.29) is 12.5 Å². The maximum atomic E-state index is 12.1. The molecule has 1 heterocycles. The summed E-state index contributed by atoms with van der Waals surface area (Å²) in [4.78, 5) is 24.6. The van der Waals surface area contributed by atoms with Crippen molar-refractivity contribution in [2.24, 2.45) is 5.92 Å². The molecule has 5 nitrogen and oxygen atoms in total. The van der Waals surface area contributed by atoms with E-state index in [4.69, 9.17) is 9.84 Å². The Morgan fingerprint density at radius 1 is 1.50 bits per heavy atom. The molecule has 1 aromatic rings. The molecule has 0 aliphatic rings. The Kier molecular flexibility index (Phi) is 6.48. The van der Waals surface area contributed by atoms with Crippen LogP contribution in [0.1, 0.15) is 34.3 Å². The number of carbonyl (C=O) groups is 2. The second kappa shape index (κ2) is 7.64. The number of hydrogen-bond donors (Lipinski definition) is 2. The Hall–Kier alpha value is -1.08. The van der Waals surface area contributed by atoms with Gasteiger partial charge in [0.25, 0.3) is 5.91 Å². The molecule has 7 heteroatoms. The fraction of sp³-hybridized carbons (Fsp3) is 0.538. The second-order valence-corrected chi connectivity index (χ2v) is 6.39. The number of carboxylic acid groups (broad SMARTS) is 1. The lowest BCUT2D eigenvalue weighted by atomic mass is 10.0. The number of aryl methyl sites for hydroxylation is 1. The molecular formula is C13H18BrNO4S. The van der Waals surface area contributed by atoms with E-state index in [0.717, 1.165) is 15.8 Å². The number of carbonyl (C=O) groups excluding carboxylic acids is 1. The van der Waals surface area contributed by atoms with Crippen molar-refractivity contribution in [3.05, 3.63) is 14.2 Å². The fourth-order valence-corrected chi connectivity index (χ4v) is 3.46. The summed E-state index contributed by atoms with van der Waals surface area (Å²) in [5.74, 6) is -1.25. The third kappa shape index (κ3) is 3.96. The number of hydrogen-bond acceptors (Lipinski definition) is 4. The molecule has 0 spiro atoms. The summed E-state index contributed by atoms with van der Waals surface area (Å²) in [6, 6.07) is 0. The molecule has 0 aromatic carbocycles.